The van der Waals surface area contributed by atoms with Gasteiger partial charge in [-0.25, -0.2) is 0 Å². The van der Waals surface area contributed by atoms with Crippen molar-refractivity contribution >= 4 is 33.0 Å². The maximum atomic E-state index is 14.0. The number of nitriles is 2. The summed E-state index contributed by atoms with van der Waals surface area (Å²) >= 11 is 3.65. The zero-order valence-electron chi connectivity index (χ0n) is 26.7. The molecule has 0 spiro atoms. The molecule has 228 valence electrons. The maximum absolute atomic E-state index is 14.0. The second-order valence-corrected chi connectivity index (χ2v) is 14.6. The molecule has 0 atom stereocenters. The molecular weight excluding hydrogens is 678 g/mol. The molecule has 2 aromatic carbocycles. The molecule has 0 amide bonds. The molecule has 0 radical (unpaired) electrons. The first-order chi connectivity index (χ1) is 20.1. The van der Waals surface area contributed by atoms with Crippen molar-refractivity contribution in [2.24, 2.45) is 0 Å². The smallest absolute Gasteiger partial charge is 0.209 e. The van der Waals surface area contributed by atoms with Crippen molar-refractivity contribution in [3.05, 3.63) is 104 Å². The number of likely N-dealkylation sites (N-methyl/N-ethyl adjacent to an activating group) is 1. The Labute approximate surface area is 280 Å². The highest BCUT2D eigenvalue weighted by Crippen LogP contribution is 2.50. The van der Waals surface area contributed by atoms with E-state index in [0.29, 0.717) is 16.7 Å². The van der Waals surface area contributed by atoms with Crippen LogP contribution < -0.4 is 27.0 Å². The van der Waals surface area contributed by atoms with Gasteiger partial charge >= 0.3 is 0 Å². The standard InChI is InChI=1S/C36H39BrN5O.BrH/c1-35(2)27-12-9-10-13-29(27)40(5)31(35)19-25-33(23(21-38)22-39)26(34(25)43)20-32-36(3,4)28-18-24(37)14-15-30(28)41(32)16-11-17-42(6,7)8;/h9-10,12-15,18-20H,11,16-17H2,1-8H3;1H/q+1;/p-1. The van der Waals surface area contributed by atoms with Crippen LogP contribution in [0.25, 0.3) is 0 Å². The summed E-state index contributed by atoms with van der Waals surface area (Å²) < 4.78 is 4.18. The summed E-state index contributed by atoms with van der Waals surface area (Å²) in [4.78, 5) is 2.10. The fourth-order valence-corrected chi connectivity index (χ4v) is 7.08. The van der Waals surface area contributed by atoms with E-state index in [0.717, 1.165) is 51.2 Å². The van der Waals surface area contributed by atoms with Gasteiger partial charge in [-0.15, -0.1) is 0 Å². The minimum atomic E-state index is -0.392. The maximum Gasteiger partial charge on any atom is 0.209 e. The van der Waals surface area contributed by atoms with Crippen LogP contribution in [0.15, 0.2) is 92.8 Å². The average molecular weight is 718 g/mol. The lowest BCUT2D eigenvalue weighted by atomic mass is 9.74. The van der Waals surface area contributed by atoms with E-state index in [1.54, 1.807) is 0 Å². The van der Waals surface area contributed by atoms with Gasteiger partial charge in [-0.2, -0.15) is 15.1 Å². The molecule has 2 heterocycles. The minimum absolute atomic E-state index is 0. The first kappa shape index (κ1) is 33.5. The zero-order chi connectivity index (χ0) is 31.5. The van der Waals surface area contributed by atoms with Gasteiger partial charge in [0, 0.05) is 51.6 Å². The number of halogens is 2. The van der Waals surface area contributed by atoms with Gasteiger partial charge in [-0.3, -0.25) is 0 Å². The predicted molar refractivity (Wildman–Crippen MR) is 174 cm³/mol. The van der Waals surface area contributed by atoms with E-state index in [-0.39, 0.29) is 33.7 Å². The molecule has 0 aromatic heterocycles. The number of hydrogen-bond acceptors (Lipinski definition) is 4. The highest BCUT2D eigenvalue weighted by atomic mass is 79.9. The van der Waals surface area contributed by atoms with Crippen molar-refractivity contribution < 1.29 is 31.1 Å². The summed E-state index contributed by atoms with van der Waals surface area (Å²) in [5.41, 5.74) is 7.02. The van der Waals surface area contributed by atoms with Crippen LogP contribution in [0, 0.1) is 22.7 Å². The minimum Gasteiger partial charge on any atom is -1.00 e. The van der Waals surface area contributed by atoms with Gasteiger partial charge in [0.1, 0.15) is 17.7 Å². The number of allylic oxidation sites excluding steroid dienone is 6. The summed E-state index contributed by atoms with van der Waals surface area (Å²) in [7, 11) is 8.57. The highest BCUT2D eigenvalue weighted by molar-refractivity contribution is 9.10. The largest absolute Gasteiger partial charge is 1.00 e. The molecule has 2 aliphatic heterocycles. The van der Waals surface area contributed by atoms with Crippen LogP contribution in [-0.2, 0) is 10.8 Å². The molecule has 0 N–H and O–H groups in total. The Bertz CT molecular complexity index is 1770. The van der Waals surface area contributed by atoms with Gasteiger partial charge in [0.05, 0.1) is 39.5 Å². The molecule has 8 heteroatoms. The van der Waals surface area contributed by atoms with Gasteiger partial charge in [-0.1, -0.05) is 53.7 Å². The topological polar surface area (TPSA) is 76.9 Å². The predicted octanol–water partition coefficient (Wildman–Crippen LogP) is 3.14. The number of rotatable bonds is 6. The number of quaternary nitrogens is 1. The van der Waals surface area contributed by atoms with Crippen molar-refractivity contribution in [1.29, 1.82) is 10.5 Å². The average Bonchev–Trinajstić information content (AvgIpc) is 3.27. The number of nitrogens with zero attached hydrogens (tertiary/aromatic N) is 5. The summed E-state index contributed by atoms with van der Waals surface area (Å²) in [6.07, 6.45) is 4.79. The SMILES string of the molecule is CN1/C(=C\C2=C([O-])C(=C\C3=[N+](CCC[N+](C)(C)C)c4ccc(Br)cc4C3(C)C)/C2=C(C#N)C#N)C(C)(C)c2ccccc21.[Br-]. The van der Waals surface area contributed by atoms with Crippen LogP contribution in [0.1, 0.15) is 45.2 Å². The third-order valence-corrected chi connectivity index (χ3v) is 9.56. The van der Waals surface area contributed by atoms with Gasteiger partial charge < -0.3 is 31.5 Å². The molecule has 0 saturated heterocycles. The van der Waals surface area contributed by atoms with E-state index in [9.17, 15) is 15.6 Å². The molecule has 0 saturated carbocycles. The van der Waals surface area contributed by atoms with Crippen LogP contribution in [-0.4, -0.2) is 56.1 Å². The number of anilines is 1. The fourth-order valence-electron chi connectivity index (χ4n) is 6.72. The molecule has 3 aliphatic rings. The Kier molecular flexibility index (Phi) is 8.99. The van der Waals surface area contributed by atoms with E-state index < -0.39 is 5.41 Å². The van der Waals surface area contributed by atoms with E-state index in [1.807, 2.05) is 31.3 Å². The fraction of sp³-hybridized carbons (Fsp3) is 0.361. The van der Waals surface area contributed by atoms with Crippen molar-refractivity contribution in [3.63, 3.8) is 0 Å². The molecule has 2 aromatic rings. The Morgan fingerprint density at radius 3 is 2.27 bits per heavy atom. The van der Waals surface area contributed by atoms with E-state index in [1.165, 1.54) is 11.1 Å². The van der Waals surface area contributed by atoms with Gasteiger partial charge in [0.15, 0.2) is 12.3 Å². The van der Waals surface area contributed by atoms with Crippen molar-refractivity contribution in [1.82, 2.24) is 0 Å². The molecule has 0 unspecified atom stereocenters. The highest BCUT2D eigenvalue weighted by Gasteiger charge is 2.46. The Balaban J connectivity index is 0.00000442. The monoisotopic (exact) mass is 715 g/mol. The van der Waals surface area contributed by atoms with E-state index in [4.69, 9.17) is 0 Å². The number of para-hydroxylation sites is 1. The third kappa shape index (κ3) is 5.49. The summed E-state index contributed by atoms with van der Waals surface area (Å²) in [5.74, 6) is -0.141. The lowest BCUT2D eigenvalue weighted by Gasteiger charge is -2.36. The lowest BCUT2D eigenvalue weighted by Crippen LogP contribution is -3.00. The number of hydrogen-bond donors (Lipinski definition) is 0. The van der Waals surface area contributed by atoms with Crippen LogP contribution in [0.5, 0.6) is 0 Å². The molecule has 0 bridgehead atoms. The quantitative estimate of drug-likeness (QED) is 0.262. The second-order valence-electron chi connectivity index (χ2n) is 13.7. The van der Waals surface area contributed by atoms with Gasteiger partial charge in [-0.05, 0) is 54.8 Å². The van der Waals surface area contributed by atoms with Crippen LogP contribution in [0.3, 0.4) is 0 Å². The van der Waals surface area contributed by atoms with Crippen LogP contribution in [0.4, 0.5) is 11.4 Å². The molecule has 5 rings (SSSR count). The third-order valence-electron chi connectivity index (χ3n) is 9.07. The molecule has 0 fully saturated rings. The Morgan fingerprint density at radius 2 is 1.66 bits per heavy atom. The first-order valence-electron chi connectivity index (χ1n) is 14.6. The van der Waals surface area contributed by atoms with Crippen molar-refractivity contribution in [2.45, 2.75) is 44.9 Å². The number of fused-ring (bicyclic) bond motifs is 2. The molecule has 44 heavy (non-hydrogen) atoms. The van der Waals surface area contributed by atoms with Crippen LogP contribution in [0.2, 0.25) is 0 Å². The summed E-state index contributed by atoms with van der Waals surface area (Å²) in [6.45, 7) is 10.4. The summed E-state index contributed by atoms with van der Waals surface area (Å²) in [6, 6.07) is 18.7. The van der Waals surface area contributed by atoms with Crippen molar-refractivity contribution in [2.75, 3.05) is 46.2 Å². The molecule has 6 nitrogen and oxygen atoms in total. The number of benzene rings is 2. The lowest BCUT2D eigenvalue weighted by molar-refractivity contribution is -0.871. The molecule has 1 aliphatic carbocycles. The van der Waals surface area contributed by atoms with E-state index >= 15 is 0 Å². The summed E-state index contributed by atoms with van der Waals surface area (Å²) in [5, 5.41) is 34.0. The normalized spacial score (nSPS) is 19.8. The van der Waals surface area contributed by atoms with Gasteiger partial charge in [0.25, 0.3) is 0 Å². The van der Waals surface area contributed by atoms with Gasteiger partial charge in [0.2, 0.25) is 5.69 Å². The van der Waals surface area contributed by atoms with E-state index in [2.05, 4.69) is 117 Å². The Hall–Kier alpha value is -3.43. The van der Waals surface area contributed by atoms with Crippen LogP contribution >= 0.6 is 15.9 Å². The zero-order valence-corrected chi connectivity index (χ0v) is 29.9. The second kappa shape index (κ2) is 11.8. The Morgan fingerprint density at radius 1 is 1.00 bits per heavy atom. The van der Waals surface area contributed by atoms with Crippen molar-refractivity contribution in [3.8, 4) is 12.1 Å². The molecular formula is C36H39Br2N5O. The first-order valence-corrected chi connectivity index (χ1v) is 15.4.